The molecule has 1 fully saturated rings. The Labute approximate surface area is 204 Å². The van der Waals surface area contributed by atoms with Crippen LogP contribution in [0.25, 0.3) is 0 Å². The quantitative estimate of drug-likeness (QED) is 0.408. The zero-order chi connectivity index (χ0) is 22.3. The highest BCUT2D eigenvalue weighted by atomic mass is 79.9. The van der Waals surface area contributed by atoms with Gasteiger partial charge in [-0.15, -0.1) is 6.58 Å². The molecule has 5 heteroatoms. The van der Waals surface area contributed by atoms with Gasteiger partial charge in [0.05, 0.1) is 18.4 Å². The summed E-state index contributed by atoms with van der Waals surface area (Å²) in [7, 11) is 1.80. The Bertz CT molecular complexity index is 1010. The van der Waals surface area contributed by atoms with Crippen LogP contribution in [0.4, 0.5) is 5.69 Å². The summed E-state index contributed by atoms with van der Waals surface area (Å²) in [5.41, 5.74) is 3.96. The topological polar surface area (TPSA) is 21.7 Å². The molecular formula is C27H31BrClNO2. The van der Waals surface area contributed by atoms with Crippen LogP contribution in [0.5, 0.6) is 5.75 Å². The van der Waals surface area contributed by atoms with E-state index >= 15 is 0 Å². The van der Waals surface area contributed by atoms with Crippen LogP contribution < -0.4 is 9.64 Å². The molecule has 1 saturated carbocycles. The minimum atomic E-state index is -0.0258. The summed E-state index contributed by atoms with van der Waals surface area (Å²) in [6, 6.07) is 12.9. The first kappa shape index (κ1) is 22.3. The first-order chi connectivity index (χ1) is 15.5. The summed E-state index contributed by atoms with van der Waals surface area (Å²) in [6.07, 6.45) is 7.93. The highest BCUT2D eigenvalue weighted by Gasteiger charge is 2.44. The van der Waals surface area contributed by atoms with Crippen LogP contribution in [-0.2, 0) is 16.6 Å². The van der Waals surface area contributed by atoms with Crippen molar-refractivity contribution in [2.75, 3.05) is 31.7 Å². The maximum absolute atomic E-state index is 6.53. The molecule has 2 aromatic carbocycles. The lowest BCUT2D eigenvalue weighted by Crippen LogP contribution is -2.49. The molecule has 0 saturated heterocycles. The molecule has 5 rings (SSSR count). The number of hydrogen-bond acceptors (Lipinski definition) is 3. The second-order valence-electron chi connectivity index (χ2n) is 9.65. The Kier molecular flexibility index (Phi) is 6.30. The van der Waals surface area contributed by atoms with E-state index < -0.39 is 0 Å². The fourth-order valence-electron chi connectivity index (χ4n) is 6.07. The normalized spacial score (nSPS) is 27.5. The number of anilines is 1. The van der Waals surface area contributed by atoms with Crippen LogP contribution in [0.1, 0.15) is 36.8 Å². The fourth-order valence-corrected chi connectivity index (χ4v) is 6.61. The monoisotopic (exact) mass is 515 g/mol. The molecule has 170 valence electrons. The van der Waals surface area contributed by atoms with Crippen LogP contribution in [0.2, 0.25) is 5.02 Å². The van der Waals surface area contributed by atoms with Gasteiger partial charge in [-0.05, 0) is 85.4 Å². The minimum absolute atomic E-state index is 0.0258. The van der Waals surface area contributed by atoms with E-state index in [0.29, 0.717) is 18.4 Å². The molecule has 0 radical (unpaired) electrons. The summed E-state index contributed by atoms with van der Waals surface area (Å²) in [6.45, 7) is 6.67. The highest BCUT2D eigenvalue weighted by Crippen LogP contribution is 2.47. The largest absolute Gasteiger partial charge is 0.490 e. The second kappa shape index (κ2) is 9.04. The van der Waals surface area contributed by atoms with E-state index in [1.54, 1.807) is 7.11 Å². The van der Waals surface area contributed by atoms with Crippen LogP contribution in [0.3, 0.4) is 0 Å². The van der Waals surface area contributed by atoms with Gasteiger partial charge in [-0.1, -0.05) is 39.7 Å². The zero-order valence-electron chi connectivity index (χ0n) is 18.7. The van der Waals surface area contributed by atoms with Crippen molar-refractivity contribution in [2.24, 2.45) is 11.8 Å². The molecule has 1 heterocycles. The van der Waals surface area contributed by atoms with E-state index in [2.05, 4.69) is 57.7 Å². The molecule has 0 unspecified atom stereocenters. The number of hydrogen-bond donors (Lipinski definition) is 0. The number of nitrogens with zero attached hydrogens (tertiary/aromatic N) is 1. The Hall–Kier alpha value is -1.49. The van der Waals surface area contributed by atoms with E-state index in [1.807, 2.05) is 12.1 Å². The summed E-state index contributed by atoms with van der Waals surface area (Å²) >= 11 is 10.0. The number of methoxy groups -OCH3 is 1. The SMILES string of the molecule is C=C[C@H](OC)[C@@H]1CC[C@H]1CN1C[C@@]2(CCCc3cc(Cl)ccc32)COc2ccc(Br)cc21. The molecule has 3 nitrogen and oxygen atoms in total. The van der Waals surface area contributed by atoms with Gasteiger partial charge in [0.25, 0.3) is 0 Å². The van der Waals surface area contributed by atoms with Crippen molar-refractivity contribution in [1.29, 1.82) is 0 Å². The van der Waals surface area contributed by atoms with E-state index in [9.17, 15) is 0 Å². The van der Waals surface area contributed by atoms with Crippen molar-refractivity contribution < 1.29 is 9.47 Å². The maximum atomic E-state index is 6.53. The summed E-state index contributed by atoms with van der Waals surface area (Å²) in [5, 5.41) is 0.826. The highest BCUT2D eigenvalue weighted by molar-refractivity contribution is 9.10. The maximum Gasteiger partial charge on any atom is 0.142 e. The molecule has 0 N–H and O–H groups in total. The third-order valence-corrected chi connectivity index (χ3v) is 8.59. The average molecular weight is 517 g/mol. The van der Waals surface area contributed by atoms with Crippen LogP contribution >= 0.6 is 27.5 Å². The van der Waals surface area contributed by atoms with E-state index in [4.69, 9.17) is 21.1 Å². The smallest absolute Gasteiger partial charge is 0.142 e. The van der Waals surface area contributed by atoms with Gasteiger partial charge in [-0.3, -0.25) is 0 Å². The molecule has 0 bridgehead atoms. The molecule has 3 aliphatic rings. The van der Waals surface area contributed by atoms with Crippen molar-refractivity contribution in [3.05, 3.63) is 69.7 Å². The Morgan fingerprint density at radius 1 is 1.31 bits per heavy atom. The van der Waals surface area contributed by atoms with Gasteiger partial charge in [-0.2, -0.15) is 0 Å². The number of ether oxygens (including phenoxy) is 2. The van der Waals surface area contributed by atoms with E-state index in [1.165, 1.54) is 36.1 Å². The Morgan fingerprint density at radius 2 is 2.19 bits per heavy atom. The zero-order valence-corrected chi connectivity index (χ0v) is 21.0. The van der Waals surface area contributed by atoms with Gasteiger partial charge < -0.3 is 14.4 Å². The lowest BCUT2D eigenvalue weighted by Gasteiger charge is -2.46. The first-order valence-corrected chi connectivity index (χ1v) is 12.8. The number of aryl methyl sites for hydroxylation is 1. The molecule has 2 aromatic rings. The summed E-state index contributed by atoms with van der Waals surface area (Å²) < 4.78 is 13.3. The van der Waals surface area contributed by atoms with Gasteiger partial charge in [0.15, 0.2) is 0 Å². The average Bonchev–Trinajstić information content (AvgIpc) is 2.92. The molecule has 0 amide bonds. The summed E-state index contributed by atoms with van der Waals surface area (Å²) in [5.74, 6) is 2.10. The number of benzene rings is 2. The minimum Gasteiger partial charge on any atom is -0.490 e. The lowest BCUT2D eigenvalue weighted by molar-refractivity contribution is 0.0135. The Balaban J connectivity index is 1.51. The number of fused-ring (bicyclic) bond motifs is 3. The van der Waals surface area contributed by atoms with Gasteiger partial charge in [0.2, 0.25) is 0 Å². The van der Waals surface area contributed by atoms with E-state index in [0.717, 1.165) is 41.2 Å². The van der Waals surface area contributed by atoms with Gasteiger partial charge >= 0.3 is 0 Å². The van der Waals surface area contributed by atoms with Crippen LogP contribution in [0.15, 0.2) is 53.5 Å². The summed E-state index contributed by atoms with van der Waals surface area (Å²) in [4.78, 5) is 2.59. The molecule has 0 aromatic heterocycles. The predicted molar refractivity (Wildman–Crippen MR) is 135 cm³/mol. The van der Waals surface area contributed by atoms with Gasteiger partial charge in [0, 0.05) is 35.1 Å². The standard InChI is InChI=1S/C27H31BrClNO2/c1-3-25(31-2)22-9-6-19(22)15-30-16-27(17-32-26-11-7-20(28)14-24(26)30)12-4-5-18-13-21(29)8-10-23(18)27/h3,7-8,10-11,13-14,19,22,25H,1,4-6,9,12,15-17H2,2H3/t19-,22+,25-,27-/m0/s1. The van der Waals surface area contributed by atoms with Gasteiger partial charge in [0.1, 0.15) is 5.75 Å². The van der Waals surface area contributed by atoms with Crippen molar-refractivity contribution in [3.8, 4) is 5.75 Å². The second-order valence-corrected chi connectivity index (χ2v) is 11.0. The lowest BCUT2D eigenvalue weighted by atomic mass is 9.68. The van der Waals surface area contributed by atoms with E-state index in [-0.39, 0.29) is 11.5 Å². The molecule has 1 aliphatic heterocycles. The molecular weight excluding hydrogens is 486 g/mol. The predicted octanol–water partition coefficient (Wildman–Crippen LogP) is 6.80. The van der Waals surface area contributed by atoms with Crippen LogP contribution in [-0.4, -0.2) is 32.9 Å². The molecule has 4 atom stereocenters. The Morgan fingerprint density at radius 3 is 2.94 bits per heavy atom. The fraction of sp³-hybridized carbons (Fsp3) is 0.481. The molecule has 32 heavy (non-hydrogen) atoms. The van der Waals surface area contributed by atoms with Crippen molar-refractivity contribution in [3.63, 3.8) is 0 Å². The van der Waals surface area contributed by atoms with Crippen molar-refractivity contribution in [1.82, 2.24) is 0 Å². The van der Waals surface area contributed by atoms with Gasteiger partial charge in [-0.25, -0.2) is 0 Å². The molecule has 1 spiro atoms. The van der Waals surface area contributed by atoms with Crippen molar-refractivity contribution >= 4 is 33.2 Å². The number of halogens is 2. The number of rotatable bonds is 5. The third kappa shape index (κ3) is 3.99. The molecule has 2 aliphatic carbocycles. The first-order valence-electron chi connectivity index (χ1n) is 11.6. The van der Waals surface area contributed by atoms with Crippen LogP contribution in [0, 0.1) is 11.8 Å². The third-order valence-electron chi connectivity index (χ3n) is 7.86. The van der Waals surface area contributed by atoms with Crippen molar-refractivity contribution in [2.45, 2.75) is 43.6 Å².